The molecule has 2 rings (SSSR count). The van der Waals surface area contributed by atoms with E-state index in [1.807, 2.05) is 18.2 Å². The summed E-state index contributed by atoms with van der Waals surface area (Å²) in [5.41, 5.74) is 1.05. The van der Waals surface area contributed by atoms with Gasteiger partial charge in [0.25, 0.3) is 0 Å². The van der Waals surface area contributed by atoms with Gasteiger partial charge in [0, 0.05) is 24.3 Å². The number of rotatable bonds is 4. The molecule has 94 valence electrons. The van der Waals surface area contributed by atoms with Gasteiger partial charge in [-0.3, -0.25) is 0 Å². The number of hydrogen-bond acceptors (Lipinski definition) is 3. The SMILES string of the molecule is COc1cc(NCC2CCCCN2)ccc1Cl. The molecule has 0 aromatic heterocycles. The van der Waals surface area contributed by atoms with E-state index >= 15 is 0 Å². The van der Waals surface area contributed by atoms with Gasteiger partial charge in [0.2, 0.25) is 0 Å². The summed E-state index contributed by atoms with van der Waals surface area (Å²) >= 11 is 5.98. The van der Waals surface area contributed by atoms with Crippen molar-refractivity contribution in [3.63, 3.8) is 0 Å². The van der Waals surface area contributed by atoms with Gasteiger partial charge in [-0.05, 0) is 31.5 Å². The van der Waals surface area contributed by atoms with Crippen molar-refractivity contribution in [3.8, 4) is 5.75 Å². The quantitative estimate of drug-likeness (QED) is 0.867. The molecule has 1 aliphatic heterocycles. The van der Waals surface area contributed by atoms with Crippen LogP contribution in [0, 0.1) is 0 Å². The zero-order chi connectivity index (χ0) is 12.1. The first kappa shape index (κ1) is 12.5. The van der Waals surface area contributed by atoms with Crippen molar-refractivity contribution in [2.24, 2.45) is 0 Å². The van der Waals surface area contributed by atoms with Crippen molar-refractivity contribution in [2.45, 2.75) is 25.3 Å². The van der Waals surface area contributed by atoms with Gasteiger partial charge in [-0.25, -0.2) is 0 Å². The Balaban J connectivity index is 1.89. The molecule has 3 nitrogen and oxygen atoms in total. The Hall–Kier alpha value is -0.930. The van der Waals surface area contributed by atoms with Crippen LogP contribution >= 0.6 is 11.6 Å². The third-order valence-electron chi connectivity index (χ3n) is 3.12. The molecule has 0 saturated carbocycles. The predicted molar refractivity (Wildman–Crippen MR) is 72.1 cm³/mol. The Morgan fingerprint density at radius 2 is 2.35 bits per heavy atom. The predicted octanol–water partition coefficient (Wildman–Crippen LogP) is 2.90. The fourth-order valence-electron chi connectivity index (χ4n) is 2.11. The normalized spacial score (nSPS) is 20.0. The van der Waals surface area contributed by atoms with Crippen molar-refractivity contribution in [1.29, 1.82) is 0 Å². The lowest BCUT2D eigenvalue weighted by atomic mass is 10.1. The zero-order valence-electron chi connectivity index (χ0n) is 10.1. The number of halogens is 1. The van der Waals surface area contributed by atoms with Gasteiger partial charge in [0.1, 0.15) is 5.75 Å². The van der Waals surface area contributed by atoms with Crippen LogP contribution in [0.15, 0.2) is 18.2 Å². The maximum absolute atomic E-state index is 5.98. The summed E-state index contributed by atoms with van der Waals surface area (Å²) in [6.07, 6.45) is 3.87. The second kappa shape index (κ2) is 6.12. The number of methoxy groups -OCH3 is 1. The van der Waals surface area contributed by atoms with Crippen molar-refractivity contribution >= 4 is 17.3 Å². The second-order valence-electron chi connectivity index (χ2n) is 4.38. The van der Waals surface area contributed by atoms with Crippen LogP contribution in [0.4, 0.5) is 5.69 Å². The third kappa shape index (κ3) is 3.51. The highest BCUT2D eigenvalue weighted by molar-refractivity contribution is 6.32. The standard InChI is InChI=1S/C13H19ClN2O/c1-17-13-8-10(5-6-12(13)14)16-9-11-4-2-3-7-15-11/h5-6,8,11,15-16H,2-4,7,9H2,1H3. The monoisotopic (exact) mass is 254 g/mol. The van der Waals surface area contributed by atoms with Crippen molar-refractivity contribution in [3.05, 3.63) is 23.2 Å². The van der Waals surface area contributed by atoms with Crippen molar-refractivity contribution in [2.75, 3.05) is 25.5 Å². The van der Waals surface area contributed by atoms with Crippen molar-refractivity contribution < 1.29 is 4.74 Å². The minimum Gasteiger partial charge on any atom is -0.495 e. The van der Waals surface area contributed by atoms with Crippen LogP contribution in [-0.2, 0) is 0 Å². The Labute approximate surface area is 107 Å². The Bertz CT molecular complexity index is 364. The fraction of sp³-hybridized carbons (Fsp3) is 0.538. The van der Waals surface area contributed by atoms with Crippen LogP contribution in [0.5, 0.6) is 5.75 Å². The lowest BCUT2D eigenvalue weighted by Gasteiger charge is -2.24. The summed E-state index contributed by atoms with van der Waals surface area (Å²) in [5, 5.41) is 7.57. The van der Waals surface area contributed by atoms with Crippen LogP contribution in [0.1, 0.15) is 19.3 Å². The molecule has 4 heteroatoms. The molecule has 1 saturated heterocycles. The molecule has 0 amide bonds. The summed E-state index contributed by atoms with van der Waals surface area (Å²) in [7, 11) is 1.63. The highest BCUT2D eigenvalue weighted by Crippen LogP contribution is 2.27. The lowest BCUT2D eigenvalue weighted by molar-refractivity contribution is 0.412. The van der Waals surface area contributed by atoms with E-state index in [4.69, 9.17) is 16.3 Å². The van der Waals surface area contributed by atoms with E-state index in [1.54, 1.807) is 7.11 Å². The Kier molecular flexibility index (Phi) is 4.51. The van der Waals surface area contributed by atoms with Gasteiger partial charge in [-0.15, -0.1) is 0 Å². The molecule has 1 unspecified atom stereocenters. The third-order valence-corrected chi connectivity index (χ3v) is 3.43. The molecular weight excluding hydrogens is 236 g/mol. The molecule has 1 aromatic rings. The number of anilines is 1. The molecule has 1 fully saturated rings. The lowest BCUT2D eigenvalue weighted by Crippen LogP contribution is -2.39. The second-order valence-corrected chi connectivity index (χ2v) is 4.78. The molecule has 1 heterocycles. The molecule has 0 spiro atoms. The molecule has 1 aromatic carbocycles. The van der Waals surface area contributed by atoms with Crippen LogP contribution < -0.4 is 15.4 Å². The first-order chi connectivity index (χ1) is 8.29. The molecule has 0 bridgehead atoms. The fourth-order valence-corrected chi connectivity index (χ4v) is 2.30. The van der Waals surface area contributed by atoms with E-state index in [1.165, 1.54) is 19.3 Å². The molecule has 17 heavy (non-hydrogen) atoms. The van der Waals surface area contributed by atoms with Gasteiger partial charge >= 0.3 is 0 Å². The highest BCUT2D eigenvalue weighted by Gasteiger charge is 2.12. The topological polar surface area (TPSA) is 33.3 Å². The average Bonchev–Trinajstić information content (AvgIpc) is 2.39. The maximum atomic E-state index is 5.98. The Morgan fingerprint density at radius 3 is 3.06 bits per heavy atom. The number of piperidine rings is 1. The zero-order valence-corrected chi connectivity index (χ0v) is 10.9. The van der Waals surface area contributed by atoms with E-state index in [-0.39, 0.29) is 0 Å². The Morgan fingerprint density at radius 1 is 1.47 bits per heavy atom. The van der Waals surface area contributed by atoms with E-state index in [9.17, 15) is 0 Å². The first-order valence-electron chi connectivity index (χ1n) is 6.10. The van der Waals surface area contributed by atoms with Crippen LogP contribution in [0.25, 0.3) is 0 Å². The highest BCUT2D eigenvalue weighted by atomic mass is 35.5. The van der Waals surface area contributed by atoms with Crippen molar-refractivity contribution in [1.82, 2.24) is 5.32 Å². The van der Waals surface area contributed by atoms with E-state index in [0.717, 1.165) is 18.8 Å². The van der Waals surface area contributed by atoms with E-state index in [0.29, 0.717) is 16.8 Å². The number of nitrogens with one attached hydrogen (secondary N) is 2. The largest absolute Gasteiger partial charge is 0.495 e. The van der Waals surface area contributed by atoms with Gasteiger partial charge in [0.15, 0.2) is 0 Å². The van der Waals surface area contributed by atoms with E-state index < -0.39 is 0 Å². The van der Waals surface area contributed by atoms with Crippen LogP contribution in [0.3, 0.4) is 0 Å². The minimum absolute atomic E-state index is 0.574. The molecule has 1 atom stereocenters. The number of benzene rings is 1. The summed E-state index contributed by atoms with van der Waals surface area (Å²) < 4.78 is 5.19. The van der Waals surface area contributed by atoms with Gasteiger partial charge in [-0.1, -0.05) is 18.0 Å². The molecular formula is C13H19ClN2O. The summed E-state index contributed by atoms with van der Waals surface area (Å²) in [5.74, 6) is 0.716. The van der Waals surface area contributed by atoms with Gasteiger partial charge in [-0.2, -0.15) is 0 Å². The van der Waals surface area contributed by atoms with Gasteiger partial charge < -0.3 is 15.4 Å². The number of ether oxygens (including phenoxy) is 1. The average molecular weight is 255 g/mol. The van der Waals surface area contributed by atoms with E-state index in [2.05, 4.69) is 10.6 Å². The summed E-state index contributed by atoms with van der Waals surface area (Å²) in [6.45, 7) is 2.08. The van der Waals surface area contributed by atoms with Crippen LogP contribution in [0.2, 0.25) is 5.02 Å². The molecule has 2 N–H and O–H groups in total. The smallest absolute Gasteiger partial charge is 0.139 e. The molecule has 1 aliphatic rings. The van der Waals surface area contributed by atoms with Crippen LogP contribution in [-0.4, -0.2) is 26.2 Å². The van der Waals surface area contributed by atoms with Gasteiger partial charge in [0.05, 0.1) is 12.1 Å². The summed E-state index contributed by atoms with van der Waals surface area (Å²) in [6, 6.07) is 6.35. The molecule has 0 radical (unpaired) electrons. The maximum Gasteiger partial charge on any atom is 0.139 e. The summed E-state index contributed by atoms with van der Waals surface area (Å²) in [4.78, 5) is 0. The number of hydrogen-bond donors (Lipinski definition) is 2. The molecule has 0 aliphatic carbocycles. The first-order valence-corrected chi connectivity index (χ1v) is 6.48. The minimum atomic E-state index is 0.574.